The van der Waals surface area contributed by atoms with E-state index in [9.17, 15) is 14.9 Å². The first-order valence-electron chi connectivity index (χ1n) is 9.05. The Morgan fingerprint density at radius 2 is 1.89 bits per heavy atom. The van der Waals surface area contributed by atoms with Gasteiger partial charge in [-0.05, 0) is 61.7 Å². The van der Waals surface area contributed by atoms with Gasteiger partial charge in [-0.25, -0.2) is 4.79 Å². The van der Waals surface area contributed by atoms with Gasteiger partial charge in [-0.15, -0.1) is 0 Å². The molecule has 6 nitrogen and oxygen atoms in total. The van der Waals surface area contributed by atoms with Gasteiger partial charge in [-0.3, -0.25) is 4.79 Å². The van der Waals surface area contributed by atoms with Crippen molar-refractivity contribution in [3.63, 3.8) is 0 Å². The number of aryl methyl sites for hydroxylation is 1. The fourth-order valence-electron chi connectivity index (χ4n) is 2.93. The number of anilines is 1. The zero-order valence-electron chi connectivity index (χ0n) is 16.9. The SMILES string of the molecule is COC(=O)c1ccc(NC(=O)/C(C#N)=C/c2cc(C)n(CC(C)C)c2C)cc1. The smallest absolute Gasteiger partial charge is 0.337 e. The minimum absolute atomic E-state index is 0.0156. The summed E-state index contributed by atoms with van der Waals surface area (Å²) in [6.07, 6.45) is 1.61. The van der Waals surface area contributed by atoms with E-state index >= 15 is 0 Å². The van der Waals surface area contributed by atoms with E-state index in [0.717, 1.165) is 23.5 Å². The Labute approximate surface area is 165 Å². The lowest BCUT2D eigenvalue weighted by Gasteiger charge is -2.12. The summed E-state index contributed by atoms with van der Waals surface area (Å²) in [5, 5.41) is 12.1. The summed E-state index contributed by atoms with van der Waals surface area (Å²) in [5.74, 6) is -0.456. The van der Waals surface area contributed by atoms with Crippen molar-refractivity contribution in [3.05, 3.63) is 58.4 Å². The highest BCUT2D eigenvalue weighted by Gasteiger charge is 2.14. The maximum absolute atomic E-state index is 12.5. The average molecular weight is 379 g/mol. The van der Waals surface area contributed by atoms with Crippen molar-refractivity contribution in [2.75, 3.05) is 12.4 Å². The normalized spacial score (nSPS) is 11.2. The largest absolute Gasteiger partial charge is 0.465 e. The number of hydrogen-bond acceptors (Lipinski definition) is 4. The van der Waals surface area contributed by atoms with Gasteiger partial charge in [0.15, 0.2) is 0 Å². The predicted octanol–water partition coefficient (Wildman–Crippen LogP) is 4.09. The van der Waals surface area contributed by atoms with Gasteiger partial charge in [0.25, 0.3) is 5.91 Å². The van der Waals surface area contributed by atoms with Crippen LogP contribution in [-0.4, -0.2) is 23.6 Å². The summed E-state index contributed by atoms with van der Waals surface area (Å²) in [7, 11) is 1.31. The molecule has 0 aliphatic carbocycles. The number of methoxy groups -OCH3 is 1. The lowest BCUT2D eigenvalue weighted by Crippen LogP contribution is -2.13. The third-order valence-electron chi connectivity index (χ3n) is 4.39. The Morgan fingerprint density at radius 3 is 2.43 bits per heavy atom. The second kappa shape index (κ2) is 9.05. The van der Waals surface area contributed by atoms with E-state index < -0.39 is 11.9 Å². The first-order chi connectivity index (χ1) is 13.3. The number of benzene rings is 1. The van der Waals surface area contributed by atoms with Crippen molar-refractivity contribution in [1.29, 1.82) is 5.26 Å². The number of carbonyl (C=O) groups excluding carboxylic acids is 2. The molecule has 0 spiro atoms. The number of carbonyl (C=O) groups is 2. The molecule has 0 aliphatic heterocycles. The van der Waals surface area contributed by atoms with Crippen LogP contribution in [0.5, 0.6) is 0 Å². The summed E-state index contributed by atoms with van der Waals surface area (Å²) in [6.45, 7) is 9.18. The summed E-state index contributed by atoms with van der Waals surface area (Å²) < 4.78 is 6.83. The van der Waals surface area contributed by atoms with Crippen molar-refractivity contribution >= 4 is 23.6 Å². The van der Waals surface area contributed by atoms with Crippen molar-refractivity contribution in [3.8, 4) is 6.07 Å². The molecule has 0 bridgehead atoms. The molecular weight excluding hydrogens is 354 g/mol. The van der Waals surface area contributed by atoms with Gasteiger partial charge >= 0.3 is 5.97 Å². The van der Waals surface area contributed by atoms with Gasteiger partial charge < -0.3 is 14.6 Å². The van der Waals surface area contributed by atoms with Crippen molar-refractivity contribution < 1.29 is 14.3 Å². The van der Waals surface area contributed by atoms with Crippen LogP contribution in [-0.2, 0) is 16.1 Å². The molecule has 28 heavy (non-hydrogen) atoms. The van der Waals surface area contributed by atoms with Crippen LogP contribution in [0.15, 0.2) is 35.9 Å². The van der Waals surface area contributed by atoms with Gasteiger partial charge in [-0.1, -0.05) is 13.8 Å². The Balaban J connectivity index is 2.22. The average Bonchev–Trinajstić information content (AvgIpc) is 2.92. The molecule has 1 aromatic carbocycles. The highest BCUT2D eigenvalue weighted by atomic mass is 16.5. The highest BCUT2D eigenvalue weighted by Crippen LogP contribution is 2.20. The first-order valence-corrected chi connectivity index (χ1v) is 9.05. The van der Waals surface area contributed by atoms with Crippen molar-refractivity contribution in [1.82, 2.24) is 4.57 Å². The fraction of sp³-hybridized carbons (Fsp3) is 0.318. The number of rotatable bonds is 6. The maximum Gasteiger partial charge on any atom is 0.337 e. The second-order valence-corrected chi connectivity index (χ2v) is 7.02. The monoisotopic (exact) mass is 379 g/mol. The van der Waals surface area contributed by atoms with Crippen LogP contribution in [0.3, 0.4) is 0 Å². The van der Waals surface area contributed by atoms with E-state index in [1.807, 2.05) is 26.0 Å². The molecule has 1 amide bonds. The molecule has 0 aliphatic rings. The summed E-state index contributed by atoms with van der Waals surface area (Å²) in [6, 6.07) is 10.2. The van der Waals surface area contributed by atoms with Crippen LogP contribution in [0.4, 0.5) is 5.69 Å². The third kappa shape index (κ3) is 4.89. The van der Waals surface area contributed by atoms with E-state index in [1.54, 1.807) is 30.3 Å². The van der Waals surface area contributed by atoms with Crippen LogP contribution in [0.25, 0.3) is 6.08 Å². The third-order valence-corrected chi connectivity index (χ3v) is 4.39. The predicted molar refractivity (Wildman–Crippen MR) is 109 cm³/mol. The number of aromatic nitrogens is 1. The van der Waals surface area contributed by atoms with Gasteiger partial charge in [0.1, 0.15) is 11.6 Å². The molecule has 0 saturated carbocycles. The van der Waals surface area contributed by atoms with E-state index in [-0.39, 0.29) is 5.57 Å². The molecule has 0 fully saturated rings. The molecule has 1 heterocycles. The van der Waals surface area contributed by atoms with Gasteiger partial charge in [0.2, 0.25) is 0 Å². The highest BCUT2D eigenvalue weighted by molar-refractivity contribution is 6.09. The molecule has 0 radical (unpaired) electrons. The second-order valence-electron chi connectivity index (χ2n) is 7.02. The Hall–Kier alpha value is -3.33. The number of nitrogens with one attached hydrogen (secondary N) is 1. The fourth-order valence-corrected chi connectivity index (χ4v) is 2.93. The maximum atomic E-state index is 12.5. The summed E-state index contributed by atoms with van der Waals surface area (Å²) in [4.78, 5) is 24.0. The molecular formula is C22H25N3O3. The first kappa shape index (κ1) is 21.0. The van der Waals surface area contributed by atoms with Crippen LogP contribution >= 0.6 is 0 Å². The molecule has 0 saturated heterocycles. The van der Waals surface area contributed by atoms with Crippen LogP contribution in [0.2, 0.25) is 0 Å². The van der Waals surface area contributed by atoms with E-state index in [0.29, 0.717) is 17.2 Å². The van der Waals surface area contributed by atoms with E-state index in [1.165, 1.54) is 7.11 Å². The molecule has 1 aromatic heterocycles. The summed E-state index contributed by atoms with van der Waals surface area (Å²) >= 11 is 0. The van der Waals surface area contributed by atoms with Crippen LogP contribution in [0.1, 0.15) is 41.2 Å². The zero-order valence-corrected chi connectivity index (χ0v) is 16.9. The topological polar surface area (TPSA) is 84.1 Å². The Morgan fingerprint density at radius 1 is 1.25 bits per heavy atom. The van der Waals surface area contributed by atoms with Crippen LogP contribution in [0, 0.1) is 31.1 Å². The van der Waals surface area contributed by atoms with Crippen LogP contribution < -0.4 is 5.32 Å². The number of nitriles is 1. The van der Waals surface area contributed by atoms with Gasteiger partial charge in [0, 0.05) is 23.6 Å². The standard InChI is InChI=1S/C22H25N3O3/c1-14(2)13-25-15(3)10-18(16(25)4)11-19(12-23)21(26)24-20-8-6-17(7-9-20)22(27)28-5/h6-11,14H,13H2,1-5H3,(H,24,26)/b19-11+. The zero-order chi connectivity index (χ0) is 20.8. The number of nitrogens with zero attached hydrogens (tertiary/aromatic N) is 2. The molecule has 0 unspecified atom stereocenters. The summed E-state index contributed by atoms with van der Waals surface area (Å²) in [5.41, 5.74) is 3.86. The minimum atomic E-state index is -0.498. The van der Waals surface area contributed by atoms with Gasteiger partial charge in [0.05, 0.1) is 12.7 Å². The number of amides is 1. The lowest BCUT2D eigenvalue weighted by molar-refractivity contribution is -0.112. The number of esters is 1. The molecule has 2 rings (SSSR count). The Kier molecular flexibility index (Phi) is 6.78. The molecule has 1 N–H and O–H groups in total. The molecule has 6 heteroatoms. The van der Waals surface area contributed by atoms with E-state index in [2.05, 4.69) is 28.5 Å². The Bertz CT molecular complexity index is 945. The molecule has 2 aromatic rings. The van der Waals surface area contributed by atoms with Crippen molar-refractivity contribution in [2.24, 2.45) is 5.92 Å². The number of ether oxygens (including phenoxy) is 1. The molecule has 0 atom stereocenters. The number of hydrogen-bond donors (Lipinski definition) is 1. The minimum Gasteiger partial charge on any atom is -0.465 e. The lowest BCUT2D eigenvalue weighted by atomic mass is 10.1. The quantitative estimate of drug-likeness (QED) is 0.465. The molecule has 146 valence electrons. The van der Waals surface area contributed by atoms with E-state index in [4.69, 9.17) is 0 Å². The van der Waals surface area contributed by atoms with Gasteiger partial charge in [-0.2, -0.15) is 5.26 Å². The van der Waals surface area contributed by atoms with Crippen molar-refractivity contribution in [2.45, 2.75) is 34.2 Å².